The summed E-state index contributed by atoms with van der Waals surface area (Å²) in [7, 11) is 0. The highest BCUT2D eigenvalue weighted by atomic mass is 127. The third kappa shape index (κ3) is 6.06. The maximum Gasteiger partial charge on any atom is 0.330 e. The number of aromatic nitrogens is 2. The van der Waals surface area contributed by atoms with Crippen LogP contribution in [0.1, 0.15) is 50.1 Å². The van der Waals surface area contributed by atoms with Crippen LogP contribution in [-0.4, -0.2) is 43.5 Å². The largest absolute Gasteiger partial charge is 0.394 e. The van der Waals surface area contributed by atoms with Gasteiger partial charge >= 0.3 is 5.69 Å². The van der Waals surface area contributed by atoms with Gasteiger partial charge in [0.2, 0.25) is 0 Å². The summed E-state index contributed by atoms with van der Waals surface area (Å²) >= 11 is 2.00. The second-order valence-electron chi connectivity index (χ2n) is 8.33. The van der Waals surface area contributed by atoms with Gasteiger partial charge in [-0.15, -0.1) is 0 Å². The van der Waals surface area contributed by atoms with Gasteiger partial charge in [0.1, 0.15) is 12.3 Å². The van der Waals surface area contributed by atoms with Crippen molar-refractivity contribution in [3.63, 3.8) is 0 Å². The number of nitro benzene ring substituents is 1. The fraction of sp³-hybridized carbons (Fsp3) is 0.524. The fourth-order valence-corrected chi connectivity index (χ4v) is 4.22. The van der Waals surface area contributed by atoms with Crippen molar-refractivity contribution in [3.8, 4) is 0 Å². The van der Waals surface area contributed by atoms with Gasteiger partial charge in [0.05, 0.1) is 41.5 Å². The zero-order valence-electron chi connectivity index (χ0n) is 18.1. The van der Waals surface area contributed by atoms with E-state index >= 15 is 0 Å². The third-order valence-electron chi connectivity index (χ3n) is 5.40. The molecule has 11 nitrogen and oxygen atoms in total. The van der Waals surface area contributed by atoms with Crippen LogP contribution in [0.2, 0.25) is 0 Å². The number of aliphatic hydroxyl groups is 2. The number of H-pyrrole nitrogens is 1. The van der Waals surface area contributed by atoms with Crippen LogP contribution in [0, 0.1) is 19.6 Å². The van der Waals surface area contributed by atoms with Crippen molar-refractivity contribution in [2.45, 2.75) is 57.8 Å². The van der Waals surface area contributed by atoms with E-state index in [1.807, 2.05) is 36.4 Å². The maximum atomic E-state index is 12.4. The van der Waals surface area contributed by atoms with Crippen molar-refractivity contribution in [1.82, 2.24) is 9.55 Å². The molecule has 1 saturated heterocycles. The number of hydrogen-bond acceptors (Lipinski definition) is 8. The smallest absolute Gasteiger partial charge is 0.330 e. The van der Waals surface area contributed by atoms with Crippen molar-refractivity contribution in [1.29, 1.82) is 0 Å². The van der Waals surface area contributed by atoms with Gasteiger partial charge < -0.3 is 19.7 Å². The zero-order valence-corrected chi connectivity index (χ0v) is 20.3. The molecule has 1 aliphatic rings. The Kier molecular flexibility index (Phi) is 8.39. The molecule has 1 aliphatic heterocycles. The van der Waals surface area contributed by atoms with Gasteiger partial charge in [-0.1, -0.05) is 13.8 Å². The second kappa shape index (κ2) is 10.9. The Hall–Kier alpha value is -2.13. The van der Waals surface area contributed by atoms with E-state index in [0.29, 0.717) is 12.0 Å². The molecule has 180 valence electrons. The van der Waals surface area contributed by atoms with Crippen LogP contribution in [0.25, 0.3) is 0 Å². The van der Waals surface area contributed by atoms with Crippen molar-refractivity contribution in [3.05, 3.63) is 70.0 Å². The minimum atomic E-state index is -0.949. The molecule has 1 aromatic heterocycles. The number of rotatable bonds is 9. The quantitative estimate of drug-likeness (QED) is 0.233. The van der Waals surface area contributed by atoms with Gasteiger partial charge in [0.15, 0.2) is 0 Å². The highest BCUT2D eigenvalue weighted by Gasteiger charge is 2.35. The lowest BCUT2D eigenvalue weighted by atomic mass is 9.98. The van der Waals surface area contributed by atoms with Gasteiger partial charge in [-0.05, 0) is 47.1 Å². The number of nitrogens with one attached hydrogen (secondary N) is 1. The molecular weight excluding hydrogens is 549 g/mol. The van der Waals surface area contributed by atoms with Gasteiger partial charge in [-0.3, -0.25) is 24.5 Å². The van der Waals surface area contributed by atoms with E-state index in [-0.39, 0.29) is 30.2 Å². The number of benzene rings is 1. The number of aliphatic hydroxyl groups excluding tert-OH is 2. The molecule has 3 rings (SSSR count). The van der Waals surface area contributed by atoms with Crippen LogP contribution in [0.3, 0.4) is 0 Å². The van der Waals surface area contributed by atoms with Crippen molar-refractivity contribution >= 4 is 28.3 Å². The van der Waals surface area contributed by atoms with Crippen LogP contribution in [-0.2, 0) is 16.1 Å². The first-order valence-electron chi connectivity index (χ1n) is 10.4. The number of halogens is 1. The molecular formula is C21H26IN3O8. The van der Waals surface area contributed by atoms with E-state index in [4.69, 9.17) is 9.47 Å². The molecule has 3 N–H and O–H groups in total. The van der Waals surface area contributed by atoms with E-state index < -0.39 is 47.3 Å². The van der Waals surface area contributed by atoms with Gasteiger partial charge in [0, 0.05) is 22.3 Å². The standard InChI is InChI=1S/C21H26IN3O8/c1-11(2)5-17(14-4-3-13(22)6-15(14)25(30)31)32-10-12-8-24(21(29)23-20(12)28)19-7-16(27)18(9-26)33-19/h3-4,6,8,11,16-19,26-27H,5,7,9-10H2,1-2H3,(H,23,28,29)/t16-,17+,18-,19-/m1/s1. The number of nitrogens with zero attached hydrogens (tertiary/aromatic N) is 2. The molecule has 0 saturated carbocycles. The molecule has 2 aromatic rings. The lowest BCUT2D eigenvalue weighted by molar-refractivity contribution is -0.386. The second-order valence-corrected chi connectivity index (χ2v) is 9.57. The van der Waals surface area contributed by atoms with E-state index in [0.717, 1.165) is 8.14 Å². The van der Waals surface area contributed by atoms with E-state index in [1.54, 1.807) is 12.1 Å². The molecule has 0 spiro atoms. The molecule has 12 heteroatoms. The summed E-state index contributed by atoms with van der Waals surface area (Å²) in [4.78, 5) is 38.1. The predicted octanol–water partition coefficient (Wildman–Crippen LogP) is 1.99. The normalized spacial score (nSPS) is 21.5. The average Bonchev–Trinajstić information content (AvgIpc) is 3.12. The average molecular weight is 575 g/mol. The Bertz CT molecular complexity index is 1120. The summed E-state index contributed by atoms with van der Waals surface area (Å²) in [5, 5.41) is 30.8. The van der Waals surface area contributed by atoms with Crippen LogP contribution < -0.4 is 11.2 Å². The van der Waals surface area contributed by atoms with Crippen LogP contribution >= 0.6 is 22.6 Å². The minimum Gasteiger partial charge on any atom is -0.394 e. The summed E-state index contributed by atoms with van der Waals surface area (Å²) in [6.45, 7) is 3.32. The van der Waals surface area contributed by atoms with Crippen molar-refractivity contribution in [2.24, 2.45) is 5.92 Å². The summed E-state index contributed by atoms with van der Waals surface area (Å²) in [5.41, 5.74) is -0.885. The Morgan fingerprint density at radius 2 is 2.12 bits per heavy atom. The van der Waals surface area contributed by atoms with E-state index in [9.17, 15) is 29.9 Å². The number of aromatic amines is 1. The highest BCUT2D eigenvalue weighted by molar-refractivity contribution is 14.1. The molecule has 4 atom stereocenters. The first-order valence-corrected chi connectivity index (χ1v) is 11.5. The first-order chi connectivity index (χ1) is 15.6. The molecule has 33 heavy (non-hydrogen) atoms. The Morgan fingerprint density at radius 3 is 2.73 bits per heavy atom. The van der Waals surface area contributed by atoms with E-state index in [1.165, 1.54) is 12.3 Å². The van der Waals surface area contributed by atoms with Crippen LogP contribution in [0.4, 0.5) is 5.69 Å². The first kappa shape index (κ1) is 25.5. The third-order valence-corrected chi connectivity index (χ3v) is 6.07. The van der Waals surface area contributed by atoms with E-state index in [2.05, 4.69) is 4.98 Å². The Labute approximate surface area is 202 Å². The molecule has 2 heterocycles. The van der Waals surface area contributed by atoms with Crippen LogP contribution in [0.5, 0.6) is 0 Å². The zero-order chi connectivity index (χ0) is 24.3. The number of ether oxygens (including phenoxy) is 2. The highest BCUT2D eigenvalue weighted by Crippen LogP contribution is 2.34. The Morgan fingerprint density at radius 1 is 1.39 bits per heavy atom. The molecule has 0 aliphatic carbocycles. The predicted molar refractivity (Wildman–Crippen MR) is 126 cm³/mol. The topological polar surface area (TPSA) is 157 Å². The molecule has 0 unspecified atom stereocenters. The fourth-order valence-electron chi connectivity index (χ4n) is 3.74. The summed E-state index contributed by atoms with van der Waals surface area (Å²) in [5.74, 6) is 0.157. The molecule has 0 amide bonds. The minimum absolute atomic E-state index is 0.0604. The summed E-state index contributed by atoms with van der Waals surface area (Å²) < 4.78 is 13.4. The van der Waals surface area contributed by atoms with Crippen molar-refractivity contribution < 1.29 is 24.6 Å². The lowest BCUT2D eigenvalue weighted by Crippen LogP contribution is -2.34. The molecule has 0 bridgehead atoms. The van der Waals surface area contributed by atoms with Gasteiger partial charge in [0.25, 0.3) is 11.2 Å². The number of nitro groups is 1. The SMILES string of the molecule is CC(C)C[C@H](OCc1cn([C@H]2C[C@@H](O)[C@@H](CO)O2)c(=O)[nH]c1=O)c1ccc(I)cc1[N+](=O)[O-]. The molecule has 0 radical (unpaired) electrons. The maximum absolute atomic E-state index is 12.4. The monoisotopic (exact) mass is 575 g/mol. The molecule has 1 fully saturated rings. The summed E-state index contributed by atoms with van der Waals surface area (Å²) in [6.07, 6.45) is -1.43. The summed E-state index contributed by atoms with van der Waals surface area (Å²) in [6, 6.07) is 4.88. The Balaban J connectivity index is 1.88. The number of hydrogen-bond donors (Lipinski definition) is 3. The van der Waals surface area contributed by atoms with Gasteiger partial charge in [-0.2, -0.15) is 0 Å². The van der Waals surface area contributed by atoms with Gasteiger partial charge in [-0.25, -0.2) is 4.79 Å². The molecule has 1 aromatic carbocycles. The van der Waals surface area contributed by atoms with Crippen LogP contribution in [0.15, 0.2) is 34.0 Å². The lowest BCUT2D eigenvalue weighted by Gasteiger charge is -2.21. The van der Waals surface area contributed by atoms with Crippen molar-refractivity contribution in [2.75, 3.05) is 6.61 Å².